The molecule has 0 bridgehead atoms. The molecule has 72 valence electrons. The Morgan fingerprint density at radius 2 is 1.85 bits per heavy atom. The summed E-state index contributed by atoms with van der Waals surface area (Å²) in [4.78, 5) is 12.0. The first-order chi connectivity index (χ1) is 5.60. The van der Waals surface area contributed by atoms with E-state index in [2.05, 4.69) is 4.98 Å². The molecule has 1 aromatic heterocycles. The van der Waals surface area contributed by atoms with Crippen LogP contribution in [-0.4, -0.2) is 21.7 Å². The molecule has 4 nitrogen and oxygen atoms in total. The average Bonchev–Trinajstić information content (AvgIpc) is 1.84. The van der Waals surface area contributed by atoms with Crippen molar-refractivity contribution in [1.29, 1.82) is 0 Å². The first-order valence-electron chi connectivity index (χ1n) is 3.25. The third kappa shape index (κ3) is 7.47. The minimum Gasteiger partial charge on any atom is -0.665 e. The Balaban J connectivity index is 0. The van der Waals surface area contributed by atoms with E-state index in [4.69, 9.17) is 15.0 Å². The van der Waals surface area contributed by atoms with Crippen LogP contribution in [0.5, 0.6) is 5.88 Å². The summed E-state index contributed by atoms with van der Waals surface area (Å²) in [6.45, 7) is 4.28. The topological polar surface area (TPSA) is 70.4 Å². The van der Waals surface area contributed by atoms with Gasteiger partial charge in [-0.05, 0) is 25.5 Å². The van der Waals surface area contributed by atoms with Gasteiger partial charge in [0.2, 0.25) is 5.88 Å². The van der Waals surface area contributed by atoms with Crippen LogP contribution in [0.1, 0.15) is 11.3 Å². The standard InChI is InChI=1S/C7H9NO.CHO2.W/c1-5-3-6(2)8-7(9)4-5;2-1-3;/h3-4H,1-2H3,(H,8,9);(H,2,3);/q;-1;. The fourth-order valence-electron chi connectivity index (χ4n) is 0.820. The van der Waals surface area contributed by atoms with E-state index in [0.29, 0.717) is 6.47 Å². The molecule has 0 aromatic carbocycles. The first kappa shape index (κ1) is 14.6. The number of hydrogen-bond donors (Lipinski definition) is 2. The Kier molecular flexibility index (Phi) is 8.71. The van der Waals surface area contributed by atoms with Crippen molar-refractivity contribution in [3.05, 3.63) is 23.4 Å². The predicted molar refractivity (Wildman–Crippen MR) is 43.7 cm³/mol. The van der Waals surface area contributed by atoms with Crippen LogP contribution in [0.4, 0.5) is 0 Å². The van der Waals surface area contributed by atoms with Gasteiger partial charge in [-0.1, -0.05) is 6.47 Å². The molecule has 0 amide bonds. The summed E-state index contributed by atoms with van der Waals surface area (Å²) in [7, 11) is 0. The Bertz CT molecular complexity index is 215. The Morgan fingerprint density at radius 3 is 2.15 bits per heavy atom. The molecule has 0 aliphatic carbocycles. The molecular formula is C8H10NO3W-. The maximum absolute atomic E-state index is 8.88. The van der Waals surface area contributed by atoms with E-state index >= 15 is 0 Å². The summed E-state index contributed by atoms with van der Waals surface area (Å²) in [5.41, 5.74) is 1.90. The number of rotatable bonds is 0. The van der Waals surface area contributed by atoms with Gasteiger partial charge in [0.1, 0.15) is 0 Å². The second-order valence-electron chi connectivity index (χ2n) is 2.24. The third-order valence-corrected chi connectivity index (χ3v) is 1.08. The minimum absolute atomic E-state index is 0. The van der Waals surface area contributed by atoms with Crippen molar-refractivity contribution in [1.82, 2.24) is 4.98 Å². The summed E-state index contributed by atoms with van der Waals surface area (Å²) >= 11 is 0. The molecule has 5 heteroatoms. The van der Waals surface area contributed by atoms with Crippen LogP contribution in [0.3, 0.4) is 0 Å². The van der Waals surface area contributed by atoms with Crippen LogP contribution >= 0.6 is 0 Å². The van der Waals surface area contributed by atoms with Gasteiger partial charge in [0.25, 0.3) is 0 Å². The minimum atomic E-state index is 0. The molecule has 1 rings (SSSR count). The summed E-state index contributed by atoms with van der Waals surface area (Å²) in [5, 5.41) is 15.6. The summed E-state index contributed by atoms with van der Waals surface area (Å²) in [5.74, 6) is 0.104. The number of aryl methyl sites for hydroxylation is 2. The van der Waals surface area contributed by atoms with Gasteiger partial charge in [-0.15, -0.1) is 0 Å². The van der Waals surface area contributed by atoms with Gasteiger partial charge in [0.05, 0.1) is 0 Å². The van der Waals surface area contributed by atoms with Crippen LogP contribution in [0.15, 0.2) is 12.1 Å². The zero-order valence-electron chi connectivity index (χ0n) is 7.31. The molecule has 0 atom stereocenters. The normalized spacial score (nSPS) is 7.54. The number of aliphatic hydroxyl groups excluding tert-OH is 1. The SMILES string of the molecule is Cc1cc(C)nc(O)c1.O=[C-]O.[W]. The first-order valence-corrected chi connectivity index (χ1v) is 3.25. The summed E-state index contributed by atoms with van der Waals surface area (Å²) in [6.07, 6.45) is 0. The van der Waals surface area contributed by atoms with Crippen LogP contribution in [0, 0.1) is 13.8 Å². The van der Waals surface area contributed by atoms with Crippen molar-refractivity contribution < 1.29 is 36.1 Å². The molecule has 0 aliphatic heterocycles. The van der Waals surface area contributed by atoms with Gasteiger partial charge in [-0.25, -0.2) is 4.98 Å². The van der Waals surface area contributed by atoms with E-state index in [9.17, 15) is 0 Å². The molecule has 0 radical (unpaired) electrons. The van der Waals surface area contributed by atoms with E-state index in [1.165, 1.54) is 0 Å². The van der Waals surface area contributed by atoms with Gasteiger partial charge < -0.3 is 15.0 Å². The summed E-state index contributed by atoms with van der Waals surface area (Å²) in [6, 6.07) is 3.55. The molecule has 1 heterocycles. The van der Waals surface area contributed by atoms with E-state index in [1.54, 1.807) is 6.07 Å². The molecule has 13 heavy (non-hydrogen) atoms. The zero-order chi connectivity index (χ0) is 9.56. The Hall–Kier alpha value is -0.892. The number of aromatic hydroxyl groups is 1. The van der Waals surface area contributed by atoms with Crippen molar-refractivity contribution in [3.63, 3.8) is 0 Å². The molecule has 0 aliphatic rings. The fraction of sp³-hybridized carbons (Fsp3) is 0.250. The van der Waals surface area contributed by atoms with E-state index < -0.39 is 0 Å². The maximum atomic E-state index is 8.88. The molecular weight excluding hydrogens is 342 g/mol. The number of pyridine rings is 1. The van der Waals surface area contributed by atoms with E-state index in [1.807, 2.05) is 19.9 Å². The Labute approximate surface area is 90.9 Å². The number of hydrogen-bond acceptors (Lipinski definition) is 3. The van der Waals surface area contributed by atoms with Crippen LogP contribution in [0.2, 0.25) is 0 Å². The molecule has 1 aromatic rings. The van der Waals surface area contributed by atoms with Crippen molar-refractivity contribution >= 4 is 6.47 Å². The van der Waals surface area contributed by atoms with Crippen molar-refractivity contribution in [3.8, 4) is 5.88 Å². The smallest absolute Gasteiger partial charge is 0.211 e. The van der Waals surface area contributed by atoms with Crippen LogP contribution in [-0.2, 0) is 25.9 Å². The second-order valence-corrected chi connectivity index (χ2v) is 2.24. The third-order valence-electron chi connectivity index (χ3n) is 1.08. The molecule has 2 N–H and O–H groups in total. The molecule has 0 fully saturated rings. The van der Waals surface area contributed by atoms with Crippen molar-refractivity contribution in [2.45, 2.75) is 13.8 Å². The predicted octanol–water partition coefficient (Wildman–Crippen LogP) is 1.01. The van der Waals surface area contributed by atoms with Crippen molar-refractivity contribution in [2.24, 2.45) is 0 Å². The number of nitrogens with zero attached hydrogens (tertiary/aromatic N) is 1. The van der Waals surface area contributed by atoms with Gasteiger partial charge in [-0.2, -0.15) is 0 Å². The van der Waals surface area contributed by atoms with Crippen LogP contribution in [0.25, 0.3) is 0 Å². The van der Waals surface area contributed by atoms with Gasteiger partial charge in [0, 0.05) is 32.8 Å². The van der Waals surface area contributed by atoms with Gasteiger partial charge in [-0.3, -0.25) is 0 Å². The average molecular weight is 352 g/mol. The molecule has 0 unspecified atom stereocenters. The molecule has 0 saturated heterocycles. The largest absolute Gasteiger partial charge is 0.665 e. The van der Waals surface area contributed by atoms with E-state index in [-0.39, 0.29) is 26.9 Å². The van der Waals surface area contributed by atoms with Gasteiger partial charge in [0.15, 0.2) is 0 Å². The quantitative estimate of drug-likeness (QED) is 0.684. The number of aromatic nitrogens is 1. The fourth-order valence-corrected chi connectivity index (χ4v) is 0.820. The maximum Gasteiger partial charge on any atom is 0.211 e. The van der Waals surface area contributed by atoms with E-state index in [0.717, 1.165) is 11.3 Å². The zero-order valence-corrected chi connectivity index (χ0v) is 10.2. The summed E-state index contributed by atoms with van der Waals surface area (Å²) < 4.78 is 0. The molecule has 0 saturated carbocycles. The monoisotopic (exact) mass is 352 g/mol. The van der Waals surface area contributed by atoms with Gasteiger partial charge >= 0.3 is 0 Å². The Morgan fingerprint density at radius 1 is 1.38 bits per heavy atom. The van der Waals surface area contributed by atoms with Crippen molar-refractivity contribution in [2.75, 3.05) is 0 Å². The second kappa shape index (κ2) is 7.74. The van der Waals surface area contributed by atoms with Crippen LogP contribution < -0.4 is 0 Å². The molecule has 0 spiro atoms.